The molecule has 0 saturated carbocycles. The Balaban J connectivity index is 2.03. The van der Waals surface area contributed by atoms with Gasteiger partial charge < -0.3 is 15.4 Å². The molecule has 4 heteroatoms. The van der Waals surface area contributed by atoms with Crippen LogP contribution in [-0.2, 0) is 6.42 Å². The van der Waals surface area contributed by atoms with Gasteiger partial charge in [-0.25, -0.2) is 0 Å². The number of hydrogen-bond donors (Lipinski definition) is 1. The van der Waals surface area contributed by atoms with Crippen molar-refractivity contribution in [3.8, 4) is 5.75 Å². The number of nitrogens with zero attached hydrogens (tertiary/aromatic N) is 1. The second kappa shape index (κ2) is 5.70. The molecule has 0 amide bonds. The first-order chi connectivity index (χ1) is 8.83. The number of rotatable bonds is 4. The zero-order valence-electron chi connectivity index (χ0n) is 11.9. The van der Waals surface area contributed by atoms with E-state index in [-0.39, 0.29) is 11.6 Å². The lowest BCUT2D eigenvalue weighted by atomic mass is 9.96. The topological polar surface area (TPSA) is 38.5 Å². The van der Waals surface area contributed by atoms with Crippen molar-refractivity contribution in [1.82, 2.24) is 4.90 Å². The molecule has 0 spiro atoms. The van der Waals surface area contributed by atoms with Crippen LogP contribution in [-0.4, -0.2) is 36.7 Å². The Labute approximate surface area is 120 Å². The maximum atomic E-state index is 6.29. The summed E-state index contributed by atoms with van der Waals surface area (Å²) in [6, 6.07) is 5.97. The molecule has 3 nitrogen and oxygen atoms in total. The third-order valence-electron chi connectivity index (χ3n) is 3.30. The van der Waals surface area contributed by atoms with Gasteiger partial charge in [0.2, 0.25) is 0 Å². The van der Waals surface area contributed by atoms with Gasteiger partial charge in [-0.15, -0.1) is 0 Å². The van der Waals surface area contributed by atoms with E-state index < -0.39 is 0 Å². The van der Waals surface area contributed by atoms with Crippen molar-refractivity contribution in [2.24, 2.45) is 5.73 Å². The molecule has 2 N–H and O–H groups in total. The highest BCUT2D eigenvalue weighted by Gasteiger charge is 2.22. The smallest absolute Gasteiger partial charge is 0.138 e. The van der Waals surface area contributed by atoms with E-state index in [1.165, 1.54) is 0 Å². The maximum Gasteiger partial charge on any atom is 0.138 e. The van der Waals surface area contributed by atoms with Gasteiger partial charge in [0.25, 0.3) is 0 Å². The summed E-state index contributed by atoms with van der Waals surface area (Å²) in [4.78, 5) is 2.27. The number of likely N-dealkylation sites (tertiary alicyclic amines) is 1. The van der Waals surface area contributed by atoms with Gasteiger partial charge in [-0.2, -0.15) is 0 Å². The fourth-order valence-corrected chi connectivity index (χ4v) is 2.69. The summed E-state index contributed by atoms with van der Waals surface area (Å²) in [6.07, 6.45) is 2.11. The summed E-state index contributed by atoms with van der Waals surface area (Å²) in [7, 11) is 2.11. The van der Waals surface area contributed by atoms with E-state index in [4.69, 9.17) is 22.1 Å². The predicted molar refractivity (Wildman–Crippen MR) is 80.0 cm³/mol. The third-order valence-corrected chi connectivity index (χ3v) is 3.59. The van der Waals surface area contributed by atoms with Gasteiger partial charge in [0.1, 0.15) is 11.9 Å². The van der Waals surface area contributed by atoms with Crippen molar-refractivity contribution in [3.63, 3.8) is 0 Å². The van der Waals surface area contributed by atoms with Crippen LogP contribution in [0.25, 0.3) is 0 Å². The molecule has 106 valence electrons. The van der Waals surface area contributed by atoms with E-state index >= 15 is 0 Å². The number of likely N-dealkylation sites (N-methyl/N-ethyl adjacent to an activating group) is 1. The van der Waals surface area contributed by atoms with Gasteiger partial charge in [0.15, 0.2) is 0 Å². The average Bonchev–Trinajstić information content (AvgIpc) is 2.66. The molecule has 1 aliphatic heterocycles. The molecule has 1 aromatic carbocycles. The Morgan fingerprint density at radius 3 is 2.74 bits per heavy atom. The van der Waals surface area contributed by atoms with E-state index in [0.717, 1.165) is 37.2 Å². The second-order valence-electron chi connectivity index (χ2n) is 6.22. The summed E-state index contributed by atoms with van der Waals surface area (Å²) < 4.78 is 5.96. The van der Waals surface area contributed by atoms with Crippen LogP contribution >= 0.6 is 11.6 Å². The van der Waals surface area contributed by atoms with Gasteiger partial charge in [-0.1, -0.05) is 17.7 Å². The Morgan fingerprint density at radius 2 is 2.21 bits per heavy atom. The quantitative estimate of drug-likeness (QED) is 0.923. The summed E-state index contributed by atoms with van der Waals surface area (Å²) in [6.45, 7) is 6.08. The molecule has 2 rings (SSSR count). The minimum Gasteiger partial charge on any atom is -0.487 e. The lowest BCUT2D eigenvalue weighted by Crippen LogP contribution is -2.34. The van der Waals surface area contributed by atoms with Crippen LogP contribution in [0.15, 0.2) is 18.2 Å². The van der Waals surface area contributed by atoms with Crippen LogP contribution in [0.3, 0.4) is 0 Å². The van der Waals surface area contributed by atoms with Crippen LogP contribution < -0.4 is 10.5 Å². The fraction of sp³-hybridized carbons (Fsp3) is 0.600. The molecule has 1 heterocycles. The number of ether oxygens (including phenoxy) is 1. The van der Waals surface area contributed by atoms with E-state index in [0.29, 0.717) is 5.02 Å². The van der Waals surface area contributed by atoms with Crippen molar-refractivity contribution in [2.45, 2.75) is 38.3 Å². The second-order valence-corrected chi connectivity index (χ2v) is 6.63. The molecule has 0 aromatic heterocycles. The molecule has 1 saturated heterocycles. The molecule has 1 aliphatic rings. The largest absolute Gasteiger partial charge is 0.487 e. The van der Waals surface area contributed by atoms with Crippen molar-refractivity contribution in [1.29, 1.82) is 0 Å². The van der Waals surface area contributed by atoms with E-state index in [9.17, 15) is 0 Å². The first kappa shape index (κ1) is 14.6. The van der Waals surface area contributed by atoms with E-state index in [1.807, 2.05) is 26.0 Å². The Kier molecular flexibility index (Phi) is 4.39. The average molecular weight is 283 g/mol. The Hall–Kier alpha value is -0.770. The van der Waals surface area contributed by atoms with E-state index in [1.54, 1.807) is 0 Å². The Bertz CT molecular complexity index is 442. The number of nitrogens with two attached hydrogens (primary N) is 1. The lowest BCUT2D eigenvalue weighted by molar-refractivity contribution is 0.208. The van der Waals surface area contributed by atoms with Crippen LogP contribution in [0, 0.1) is 0 Å². The zero-order chi connectivity index (χ0) is 14.0. The molecule has 0 aliphatic carbocycles. The summed E-state index contributed by atoms with van der Waals surface area (Å²) in [5.74, 6) is 0.778. The number of benzene rings is 1. The summed E-state index contributed by atoms with van der Waals surface area (Å²) >= 11 is 6.29. The summed E-state index contributed by atoms with van der Waals surface area (Å²) in [5, 5.41) is 0.677. The number of halogens is 1. The van der Waals surface area contributed by atoms with Gasteiger partial charge in [-0.3, -0.25) is 0 Å². The van der Waals surface area contributed by atoms with Gasteiger partial charge in [0, 0.05) is 18.6 Å². The predicted octanol–water partition coefficient (Wildman–Crippen LogP) is 2.70. The van der Waals surface area contributed by atoms with Crippen molar-refractivity contribution < 1.29 is 4.74 Å². The highest BCUT2D eigenvalue weighted by Crippen LogP contribution is 2.29. The molecule has 0 radical (unpaired) electrons. The fourth-order valence-electron chi connectivity index (χ4n) is 2.45. The molecule has 1 atom stereocenters. The SMILES string of the molecule is CN1CCC(Oc2ccc(CC(C)(C)N)cc2Cl)C1. The monoisotopic (exact) mass is 282 g/mol. The first-order valence-corrected chi connectivity index (χ1v) is 7.14. The van der Waals surface area contributed by atoms with Gasteiger partial charge in [0.05, 0.1) is 5.02 Å². The zero-order valence-corrected chi connectivity index (χ0v) is 12.7. The maximum absolute atomic E-state index is 6.29. The van der Waals surface area contributed by atoms with E-state index in [2.05, 4.69) is 18.0 Å². The minimum absolute atomic E-state index is 0.222. The van der Waals surface area contributed by atoms with Crippen LogP contribution in [0.2, 0.25) is 5.02 Å². The van der Waals surface area contributed by atoms with Crippen molar-refractivity contribution >= 4 is 11.6 Å². The van der Waals surface area contributed by atoms with Crippen LogP contribution in [0.4, 0.5) is 0 Å². The minimum atomic E-state index is -0.222. The van der Waals surface area contributed by atoms with Gasteiger partial charge >= 0.3 is 0 Å². The molecule has 1 aromatic rings. The molecule has 0 bridgehead atoms. The van der Waals surface area contributed by atoms with Crippen molar-refractivity contribution in [2.75, 3.05) is 20.1 Å². The standard InChI is InChI=1S/C15H23ClN2O/c1-15(2,17)9-11-4-5-14(13(16)8-11)19-12-6-7-18(3)10-12/h4-5,8,12H,6-7,9-10,17H2,1-3H3. The van der Waals surface area contributed by atoms with Crippen LogP contribution in [0.1, 0.15) is 25.8 Å². The molecule has 1 unspecified atom stereocenters. The Morgan fingerprint density at radius 1 is 1.47 bits per heavy atom. The summed E-state index contributed by atoms with van der Waals surface area (Å²) in [5.41, 5.74) is 6.95. The highest BCUT2D eigenvalue weighted by molar-refractivity contribution is 6.32. The third kappa shape index (κ3) is 4.37. The van der Waals surface area contributed by atoms with Crippen molar-refractivity contribution in [3.05, 3.63) is 28.8 Å². The normalized spacial score (nSPS) is 20.8. The first-order valence-electron chi connectivity index (χ1n) is 6.76. The van der Waals surface area contributed by atoms with Crippen LogP contribution in [0.5, 0.6) is 5.75 Å². The lowest BCUT2D eigenvalue weighted by Gasteiger charge is -2.20. The molecular weight excluding hydrogens is 260 g/mol. The molecule has 19 heavy (non-hydrogen) atoms. The van der Waals surface area contributed by atoms with Gasteiger partial charge in [-0.05, 0) is 51.4 Å². The highest BCUT2D eigenvalue weighted by atomic mass is 35.5. The molecule has 1 fully saturated rings. The molecular formula is C15H23ClN2O. The number of hydrogen-bond acceptors (Lipinski definition) is 3.